The highest BCUT2D eigenvalue weighted by atomic mass is 35.5. The maximum Gasteiger partial charge on any atom is 0.141 e. The van der Waals surface area contributed by atoms with Gasteiger partial charge in [0.25, 0.3) is 0 Å². The molecule has 2 aromatic heterocycles. The van der Waals surface area contributed by atoms with Crippen LogP contribution >= 0.6 is 23.2 Å². The minimum Gasteiger partial charge on any atom is -0.487 e. The predicted octanol–water partition coefficient (Wildman–Crippen LogP) is 4.34. The molecular weight excluding hydrogens is 345 g/mol. The first-order valence-corrected chi connectivity index (χ1v) is 8.72. The molecule has 0 radical (unpaired) electrons. The van der Waals surface area contributed by atoms with E-state index in [1.165, 1.54) is 5.56 Å². The summed E-state index contributed by atoms with van der Waals surface area (Å²) in [6.45, 7) is 0.764. The Morgan fingerprint density at radius 1 is 1.21 bits per heavy atom. The average Bonchev–Trinajstić information content (AvgIpc) is 3.02. The van der Waals surface area contributed by atoms with Crippen molar-refractivity contribution in [1.82, 2.24) is 14.7 Å². The van der Waals surface area contributed by atoms with Crippen molar-refractivity contribution in [2.45, 2.75) is 31.5 Å². The molecule has 0 spiro atoms. The molecule has 2 atom stereocenters. The summed E-state index contributed by atoms with van der Waals surface area (Å²) in [6, 6.07) is 9.77. The van der Waals surface area contributed by atoms with Crippen LogP contribution in [-0.4, -0.2) is 21.5 Å². The van der Waals surface area contributed by atoms with Crippen LogP contribution in [0.15, 0.2) is 48.9 Å². The van der Waals surface area contributed by atoms with E-state index in [9.17, 15) is 0 Å². The van der Waals surface area contributed by atoms with E-state index < -0.39 is 0 Å². The van der Waals surface area contributed by atoms with Crippen molar-refractivity contribution in [2.75, 3.05) is 0 Å². The van der Waals surface area contributed by atoms with E-state index in [4.69, 9.17) is 27.9 Å². The standard InChI is InChI=1S/C18H17Cl2N3O/c19-13-3-5-16(14(20)10-13)24-17-6-4-15(17)22-11-12-2-1-8-23-9-7-21-18(12)23/h1-3,5,7-10,15,17,22H,4,6,11H2. The first-order valence-electron chi connectivity index (χ1n) is 7.96. The molecule has 1 fully saturated rings. The molecule has 2 heterocycles. The smallest absolute Gasteiger partial charge is 0.141 e. The highest BCUT2D eigenvalue weighted by molar-refractivity contribution is 6.35. The number of fused-ring (bicyclic) bond motifs is 1. The van der Waals surface area contributed by atoms with Gasteiger partial charge in [0.1, 0.15) is 17.5 Å². The number of rotatable bonds is 5. The van der Waals surface area contributed by atoms with Crippen LogP contribution in [0.1, 0.15) is 18.4 Å². The second kappa shape index (κ2) is 6.63. The Balaban J connectivity index is 1.40. The normalized spacial score (nSPS) is 20.1. The molecule has 3 aromatic rings. The number of nitrogens with zero attached hydrogens (tertiary/aromatic N) is 2. The number of hydrogen-bond donors (Lipinski definition) is 1. The maximum atomic E-state index is 6.19. The Bertz CT molecular complexity index is 864. The Morgan fingerprint density at radius 3 is 2.92 bits per heavy atom. The summed E-state index contributed by atoms with van der Waals surface area (Å²) in [7, 11) is 0. The highest BCUT2D eigenvalue weighted by Gasteiger charge is 2.32. The number of pyridine rings is 1. The van der Waals surface area contributed by atoms with Crippen LogP contribution < -0.4 is 10.1 Å². The first kappa shape index (κ1) is 15.8. The van der Waals surface area contributed by atoms with Gasteiger partial charge in [0, 0.05) is 41.8 Å². The molecule has 0 amide bonds. The van der Waals surface area contributed by atoms with Gasteiger partial charge in [-0.05, 0) is 37.1 Å². The Hall–Kier alpha value is -1.75. The molecular formula is C18H17Cl2N3O. The monoisotopic (exact) mass is 361 g/mol. The average molecular weight is 362 g/mol. The van der Waals surface area contributed by atoms with E-state index in [0.29, 0.717) is 21.8 Å². The fourth-order valence-electron chi connectivity index (χ4n) is 2.97. The quantitative estimate of drug-likeness (QED) is 0.734. The van der Waals surface area contributed by atoms with Gasteiger partial charge >= 0.3 is 0 Å². The topological polar surface area (TPSA) is 38.6 Å². The van der Waals surface area contributed by atoms with E-state index in [-0.39, 0.29) is 6.10 Å². The van der Waals surface area contributed by atoms with Crippen LogP contribution in [0.3, 0.4) is 0 Å². The summed E-state index contributed by atoms with van der Waals surface area (Å²) in [5.74, 6) is 0.688. The highest BCUT2D eigenvalue weighted by Crippen LogP contribution is 2.32. The molecule has 124 valence electrons. The number of benzene rings is 1. The van der Waals surface area contributed by atoms with Crippen LogP contribution in [0.25, 0.3) is 5.65 Å². The van der Waals surface area contributed by atoms with Crippen LogP contribution in [-0.2, 0) is 6.54 Å². The number of ether oxygens (including phenoxy) is 1. The second-order valence-electron chi connectivity index (χ2n) is 5.99. The van der Waals surface area contributed by atoms with Crippen LogP contribution in [0.4, 0.5) is 0 Å². The molecule has 6 heteroatoms. The lowest BCUT2D eigenvalue weighted by molar-refractivity contribution is 0.0719. The number of aromatic nitrogens is 2. The van der Waals surface area contributed by atoms with Crippen LogP contribution in [0.2, 0.25) is 10.0 Å². The van der Waals surface area contributed by atoms with E-state index in [1.54, 1.807) is 12.1 Å². The molecule has 0 bridgehead atoms. The lowest BCUT2D eigenvalue weighted by Crippen LogP contribution is -2.50. The van der Waals surface area contributed by atoms with Gasteiger partial charge in [0.05, 0.1) is 5.02 Å². The molecule has 24 heavy (non-hydrogen) atoms. The zero-order valence-corrected chi connectivity index (χ0v) is 14.5. The number of halogens is 2. The Labute approximate surface area is 150 Å². The molecule has 1 aliphatic carbocycles. The summed E-state index contributed by atoms with van der Waals surface area (Å²) in [4.78, 5) is 4.41. The van der Waals surface area contributed by atoms with Gasteiger partial charge in [0.15, 0.2) is 0 Å². The largest absolute Gasteiger partial charge is 0.487 e. The molecule has 0 saturated heterocycles. The van der Waals surface area contributed by atoms with Gasteiger partial charge in [0.2, 0.25) is 0 Å². The third kappa shape index (κ3) is 3.09. The van der Waals surface area contributed by atoms with Crippen molar-refractivity contribution in [3.05, 3.63) is 64.5 Å². The van der Waals surface area contributed by atoms with Crippen molar-refractivity contribution in [2.24, 2.45) is 0 Å². The zero-order valence-electron chi connectivity index (χ0n) is 13.0. The predicted molar refractivity (Wildman–Crippen MR) is 95.9 cm³/mol. The number of nitrogens with one attached hydrogen (secondary N) is 1. The van der Waals surface area contributed by atoms with Crippen molar-refractivity contribution in [3.8, 4) is 5.75 Å². The van der Waals surface area contributed by atoms with Gasteiger partial charge in [-0.15, -0.1) is 0 Å². The lowest BCUT2D eigenvalue weighted by Gasteiger charge is -2.37. The van der Waals surface area contributed by atoms with Gasteiger partial charge in [-0.1, -0.05) is 29.3 Å². The summed E-state index contributed by atoms with van der Waals surface area (Å²) >= 11 is 12.1. The summed E-state index contributed by atoms with van der Waals surface area (Å²) < 4.78 is 8.06. The van der Waals surface area contributed by atoms with E-state index in [1.807, 2.05) is 35.1 Å². The minimum atomic E-state index is 0.128. The number of hydrogen-bond acceptors (Lipinski definition) is 3. The summed E-state index contributed by atoms with van der Waals surface area (Å²) in [6.07, 6.45) is 8.01. The molecule has 2 unspecified atom stereocenters. The van der Waals surface area contributed by atoms with E-state index >= 15 is 0 Å². The Kier molecular flexibility index (Phi) is 4.35. The summed E-state index contributed by atoms with van der Waals surface area (Å²) in [5, 5.41) is 4.74. The summed E-state index contributed by atoms with van der Waals surface area (Å²) in [5.41, 5.74) is 2.17. The van der Waals surface area contributed by atoms with Gasteiger partial charge in [-0.3, -0.25) is 0 Å². The second-order valence-corrected chi connectivity index (χ2v) is 6.83. The molecule has 1 saturated carbocycles. The van der Waals surface area contributed by atoms with Gasteiger partial charge in [-0.25, -0.2) is 4.98 Å². The minimum absolute atomic E-state index is 0.128. The van der Waals surface area contributed by atoms with Crippen LogP contribution in [0, 0.1) is 0 Å². The first-order chi connectivity index (χ1) is 11.7. The SMILES string of the molecule is Clc1ccc(OC2CCC2NCc2cccn3ccnc23)c(Cl)c1. The van der Waals surface area contributed by atoms with Crippen molar-refractivity contribution >= 4 is 28.8 Å². The third-order valence-electron chi connectivity index (χ3n) is 4.44. The fourth-order valence-corrected chi connectivity index (χ4v) is 3.42. The van der Waals surface area contributed by atoms with E-state index in [2.05, 4.69) is 16.4 Å². The van der Waals surface area contributed by atoms with Crippen molar-refractivity contribution in [3.63, 3.8) is 0 Å². The van der Waals surface area contributed by atoms with E-state index in [0.717, 1.165) is 25.0 Å². The zero-order chi connectivity index (χ0) is 16.5. The molecule has 1 N–H and O–H groups in total. The van der Waals surface area contributed by atoms with Crippen molar-refractivity contribution in [1.29, 1.82) is 0 Å². The van der Waals surface area contributed by atoms with Gasteiger partial charge in [-0.2, -0.15) is 0 Å². The fraction of sp³-hybridized carbons (Fsp3) is 0.278. The molecule has 1 aromatic carbocycles. The maximum absolute atomic E-state index is 6.19. The van der Waals surface area contributed by atoms with Crippen molar-refractivity contribution < 1.29 is 4.74 Å². The lowest BCUT2D eigenvalue weighted by atomic mass is 9.88. The van der Waals surface area contributed by atoms with Crippen LogP contribution in [0.5, 0.6) is 5.75 Å². The molecule has 0 aliphatic heterocycles. The number of imidazole rings is 1. The Morgan fingerprint density at radius 2 is 2.12 bits per heavy atom. The van der Waals surface area contributed by atoms with Gasteiger partial charge < -0.3 is 14.5 Å². The molecule has 4 rings (SSSR count). The molecule has 4 nitrogen and oxygen atoms in total. The third-order valence-corrected chi connectivity index (χ3v) is 4.97. The molecule has 1 aliphatic rings.